The van der Waals surface area contributed by atoms with Crippen LogP contribution in [-0.2, 0) is 6.42 Å². The minimum Gasteiger partial charge on any atom is -0.306 e. The number of aromatic nitrogens is 2. The van der Waals surface area contributed by atoms with E-state index < -0.39 is 0 Å². The Morgan fingerprint density at radius 1 is 1.33 bits per heavy atom. The van der Waals surface area contributed by atoms with E-state index in [0.29, 0.717) is 0 Å². The lowest BCUT2D eigenvalue weighted by Gasteiger charge is -2.28. The van der Waals surface area contributed by atoms with Crippen molar-refractivity contribution >= 4 is 21.6 Å². The van der Waals surface area contributed by atoms with Gasteiger partial charge in [0.2, 0.25) is 0 Å². The first kappa shape index (κ1) is 12.2. The molecule has 0 radical (unpaired) electrons. The summed E-state index contributed by atoms with van der Waals surface area (Å²) in [6.45, 7) is 2.45. The zero-order valence-electron chi connectivity index (χ0n) is 10.6. The highest BCUT2D eigenvalue weighted by Gasteiger charge is 2.18. The Labute approximate surface area is 116 Å². The quantitative estimate of drug-likeness (QED) is 0.795. The minimum atomic E-state index is 0.796. The van der Waals surface area contributed by atoms with Crippen LogP contribution in [0.15, 0.2) is 29.0 Å². The number of fused-ring (bicyclic) bond motifs is 1. The van der Waals surface area contributed by atoms with E-state index in [1.807, 2.05) is 12.1 Å². The summed E-state index contributed by atoms with van der Waals surface area (Å²) in [7, 11) is 2.21. The summed E-state index contributed by atoms with van der Waals surface area (Å²) in [6.07, 6.45) is 5.87. The maximum atomic E-state index is 4.71. The molecule has 1 saturated heterocycles. The molecule has 3 rings (SSSR count). The average Bonchev–Trinajstić information content (AvgIpc) is 2.76. The summed E-state index contributed by atoms with van der Waals surface area (Å²) in [5, 5.41) is 0. The summed E-state index contributed by atoms with van der Waals surface area (Å²) >= 11 is 3.56. The molecule has 0 saturated carbocycles. The Bertz CT molecular complexity index is 541. The molecule has 0 unspecified atom stereocenters. The van der Waals surface area contributed by atoms with E-state index in [1.165, 1.54) is 31.6 Å². The van der Waals surface area contributed by atoms with E-state index >= 15 is 0 Å². The predicted molar refractivity (Wildman–Crippen MR) is 76.8 cm³/mol. The van der Waals surface area contributed by atoms with Gasteiger partial charge in [0.25, 0.3) is 0 Å². The number of likely N-dealkylation sites (tertiary alicyclic amines) is 1. The lowest BCUT2D eigenvalue weighted by atomic mass is 9.93. The fourth-order valence-electron chi connectivity index (χ4n) is 2.69. The van der Waals surface area contributed by atoms with E-state index in [9.17, 15) is 0 Å². The van der Waals surface area contributed by atoms with Crippen molar-refractivity contribution in [2.45, 2.75) is 19.3 Å². The lowest BCUT2D eigenvalue weighted by molar-refractivity contribution is 0.218. The zero-order chi connectivity index (χ0) is 12.5. The Kier molecular flexibility index (Phi) is 3.39. The Morgan fingerprint density at radius 2 is 2.11 bits per heavy atom. The minimum absolute atomic E-state index is 0.796. The maximum Gasteiger partial charge on any atom is 0.137 e. The molecule has 2 aromatic heterocycles. The second-order valence-electron chi connectivity index (χ2n) is 5.26. The van der Waals surface area contributed by atoms with Gasteiger partial charge in [0, 0.05) is 6.20 Å². The molecule has 0 aliphatic carbocycles. The number of halogens is 1. The van der Waals surface area contributed by atoms with Crippen LogP contribution in [0.25, 0.3) is 5.65 Å². The number of piperidine rings is 1. The van der Waals surface area contributed by atoms with E-state index in [4.69, 9.17) is 4.98 Å². The van der Waals surface area contributed by atoms with Gasteiger partial charge in [0.15, 0.2) is 0 Å². The van der Waals surface area contributed by atoms with Crippen LogP contribution in [0.4, 0.5) is 0 Å². The van der Waals surface area contributed by atoms with Crippen molar-refractivity contribution in [1.29, 1.82) is 0 Å². The van der Waals surface area contributed by atoms with Crippen molar-refractivity contribution in [3.63, 3.8) is 0 Å². The highest BCUT2D eigenvalue weighted by atomic mass is 79.9. The molecule has 96 valence electrons. The fourth-order valence-corrected chi connectivity index (χ4v) is 3.12. The van der Waals surface area contributed by atoms with Crippen LogP contribution in [0, 0.1) is 5.92 Å². The highest BCUT2D eigenvalue weighted by molar-refractivity contribution is 9.10. The third-order valence-electron chi connectivity index (χ3n) is 3.83. The molecule has 0 atom stereocenters. The van der Waals surface area contributed by atoms with Gasteiger partial charge < -0.3 is 4.90 Å². The number of pyridine rings is 1. The van der Waals surface area contributed by atoms with Gasteiger partial charge in [-0.15, -0.1) is 0 Å². The molecule has 0 amide bonds. The average molecular weight is 308 g/mol. The topological polar surface area (TPSA) is 20.5 Å². The molecular weight excluding hydrogens is 290 g/mol. The standard InChI is InChI=1S/C14H18BrN3/c1-17-7-5-11(6-8-17)9-12-10-18-13(15)3-2-4-14(18)16-12/h2-4,10-11H,5-9H2,1H3. The largest absolute Gasteiger partial charge is 0.306 e. The van der Waals surface area contributed by atoms with Gasteiger partial charge in [-0.2, -0.15) is 0 Å². The predicted octanol–water partition coefficient (Wildman–Crippen LogP) is 2.98. The van der Waals surface area contributed by atoms with Gasteiger partial charge in [-0.1, -0.05) is 6.07 Å². The molecule has 2 aromatic rings. The Balaban J connectivity index is 1.77. The number of hydrogen-bond donors (Lipinski definition) is 0. The van der Waals surface area contributed by atoms with Crippen LogP contribution >= 0.6 is 15.9 Å². The van der Waals surface area contributed by atoms with E-state index in [-0.39, 0.29) is 0 Å². The monoisotopic (exact) mass is 307 g/mol. The lowest BCUT2D eigenvalue weighted by Crippen LogP contribution is -2.30. The van der Waals surface area contributed by atoms with Crippen molar-refractivity contribution in [1.82, 2.24) is 14.3 Å². The van der Waals surface area contributed by atoms with Crippen molar-refractivity contribution in [2.75, 3.05) is 20.1 Å². The molecule has 0 spiro atoms. The van der Waals surface area contributed by atoms with Gasteiger partial charge in [0.05, 0.1) is 10.3 Å². The van der Waals surface area contributed by atoms with Crippen LogP contribution in [0.1, 0.15) is 18.5 Å². The highest BCUT2D eigenvalue weighted by Crippen LogP contribution is 2.22. The summed E-state index contributed by atoms with van der Waals surface area (Å²) in [4.78, 5) is 7.12. The number of rotatable bonds is 2. The van der Waals surface area contributed by atoms with Crippen LogP contribution in [-0.4, -0.2) is 34.4 Å². The van der Waals surface area contributed by atoms with E-state index in [2.05, 4.69) is 44.5 Å². The first-order chi connectivity index (χ1) is 8.72. The molecule has 3 heterocycles. The first-order valence-electron chi connectivity index (χ1n) is 6.53. The molecule has 1 aliphatic rings. The van der Waals surface area contributed by atoms with Crippen molar-refractivity contribution in [2.24, 2.45) is 5.92 Å². The summed E-state index contributed by atoms with van der Waals surface area (Å²) in [6, 6.07) is 6.14. The van der Waals surface area contributed by atoms with Crippen LogP contribution < -0.4 is 0 Å². The third kappa shape index (κ3) is 2.45. The van der Waals surface area contributed by atoms with Crippen molar-refractivity contribution < 1.29 is 0 Å². The number of imidazole rings is 1. The molecular formula is C14H18BrN3. The molecule has 0 N–H and O–H groups in total. The summed E-state index contributed by atoms with van der Waals surface area (Å²) in [5.41, 5.74) is 2.25. The molecule has 0 bridgehead atoms. The summed E-state index contributed by atoms with van der Waals surface area (Å²) in [5.74, 6) is 0.796. The Morgan fingerprint density at radius 3 is 2.83 bits per heavy atom. The maximum absolute atomic E-state index is 4.71. The van der Waals surface area contributed by atoms with Gasteiger partial charge in [-0.3, -0.25) is 4.40 Å². The molecule has 1 aliphatic heterocycles. The van der Waals surface area contributed by atoms with E-state index in [1.54, 1.807) is 0 Å². The van der Waals surface area contributed by atoms with Gasteiger partial charge in [-0.05, 0) is 73.4 Å². The van der Waals surface area contributed by atoms with Crippen LogP contribution in [0.5, 0.6) is 0 Å². The third-order valence-corrected chi connectivity index (χ3v) is 4.47. The number of nitrogens with zero attached hydrogens (tertiary/aromatic N) is 3. The molecule has 18 heavy (non-hydrogen) atoms. The SMILES string of the molecule is CN1CCC(Cc2cn3c(Br)cccc3n2)CC1. The summed E-state index contributed by atoms with van der Waals surface area (Å²) < 4.78 is 3.19. The number of hydrogen-bond acceptors (Lipinski definition) is 2. The van der Waals surface area contributed by atoms with E-state index in [0.717, 1.165) is 22.6 Å². The van der Waals surface area contributed by atoms with Gasteiger partial charge in [0.1, 0.15) is 5.65 Å². The Hall–Kier alpha value is -0.870. The fraction of sp³-hybridized carbons (Fsp3) is 0.500. The molecule has 3 nitrogen and oxygen atoms in total. The van der Waals surface area contributed by atoms with Gasteiger partial charge >= 0.3 is 0 Å². The first-order valence-corrected chi connectivity index (χ1v) is 7.33. The normalized spacial score (nSPS) is 18.6. The second kappa shape index (κ2) is 5.02. The molecule has 1 fully saturated rings. The molecule has 4 heteroatoms. The zero-order valence-corrected chi connectivity index (χ0v) is 12.2. The van der Waals surface area contributed by atoms with Gasteiger partial charge in [-0.25, -0.2) is 4.98 Å². The van der Waals surface area contributed by atoms with Crippen LogP contribution in [0.3, 0.4) is 0 Å². The van der Waals surface area contributed by atoms with Crippen LogP contribution in [0.2, 0.25) is 0 Å². The molecule has 0 aromatic carbocycles. The smallest absolute Gasteiger partial charge is 0.137 e. The van der Waals surface area contributed by atoms with Crippen molar-refractivity contribution in [3.05, 3.63) is 34.7 Å². The van der Waals surface area contributed by atoms with Crippen molar-refractivity contribution in [3.8, 4) is 0 Å². The second-order valence-corrected chi connectivity index (χ2v) is 6.07.